The van der Waals surface area contributed by atoms with Crippen LogP contribution in [0.2, 0.25) is 0 Å². The molecule has 1 amide bonds. The Morgan fingerprint density at radius 2 is 1.27 bits per heavy atom. The number of amides is 1. The minimum Gasteiger partial charge on any atom is -0.465 e. The molecule has 1 aliphatic rings. The Morgan fingerprint density at radius 3 is 1.70 bits per heavy atom. The number of ether oxygens (including phenoxy) is 2. The standard InChI is InChI=1S/C28H35NO4/c30-28(31)29-20-26(15-7-9-17-32-22-24-11-3-1-4-12-24)19-27(21-29)16-8-10-18-33-23-25-13-5-2-6-14-25/h1-8,11-16,26-27H,9-10,17-23H2,(H,30,31). The van der Waals surface area contributed by atoms with Crippen molar-refractivity contribution in [3.05, 3.63) is 96.1 Å². The molecule has 176 valence electrons. The molecule has 3 rings (SSSR count). The zero-order valence-electron chi connectivity index (χ0n) is 19.2. The molecule has 2 atom stereocenters. The Kier molecular flexibility index (Phi) is 10.7. The third-order valence-electron chi connectivity index (χ3n) is 5.68. The lowest BCUT2D eigenvalue weighted by atomic mass is 9.88. The molecule has 2 unspecified atom stereocenters. The number of carbonyl (C=O) groups is 1. The normalized spacial score (nSPS) is 18.8. The fraction of sp³-hybridized carbons (Fsp3) is 0.393. The van der Waals surface area contributed by atoms with Crippen LogP contribution in [-0.2, 0) is 22.7 Å². The van der Waals surface area contributed by atoms with Gasteiger partial charge < -0.3 is 19.5 Å². The number of likely N-dealkylation sites (tertiary alicyclic amines) is 1. The molecule has 2 aromatic carbocycles. The fourth-order valence-corrected chi connectivity index (χ4v) is 4.02. The molecule has 0 aromatic heterocycles. The van der Waals surface area contributed by atoms with E-state index in [-0.39, 0.29) is 11.8 Å². The van der Waals surface area contributed by atoms with Crippen molar-refractivity contribution in [1.82, 2.24) is 4.90 Å². The first kappa shape index (κ1) is 24.7. The summed E-state index contributed by atoms with van der Waals surface area (Å²) >= 11 is 0. The number of nitrogens with zero attached hydrogens (tertiary/aromatic N) is 1. The molecule has 5 nitrogen and oxygen atoms in total. The highest BCUT2D eigenvalue weighted by Gasteiger charge is 2.27. The van der Waals surface area contributed by atoms with Crippen molar-refractivity contribution in [1.29, 1.82) is 0 Å². The first-order valence-electron chi connectivity index (χ1n) is 11.7. The van der Waals surface area contributed by atoms with Crippen molar-refractivity contribution >= 4 is 6.09 Å². The van der Waals surface area contributed by atoms with Gasteiger partial charge in [0.25, 0.3) is 0 Å². The lowest BCUT2D eigenvalue weighted by molar-refractivity contribution is 0.115. The fourth-order valence-electron chi connectivity index (χ4n) is 4.02. The molecular formula is C28H35NO4. The second-order valence-electron chi connectivity index (χ2n) is 8.45. The summed E-state index contributed by atoms with van der Waals surface area (Å²) in [5.74, 6) is 0.459. The van der Waals surface area contributed by atoms with Gasteiger partial charge in [0, 0.05) is 13.1 Å². The Labute approximate surface area is 197 Å². The SMILES string of the molecule is O=C(O)N1CC(C=CCCOCc2ccccc2)CC(C=CCCOCc2ccccc2)C1. The molecule has 0 radical (unpaired) electrons. The molecule has 1 heterocycles. The van der Waals surface area contributed by atoms with Crippen molar-refractivity contribution in [3.63, 3.8) is 0 Å². The van der Waals surface area contributed by atoms with Gasteiger partial charge in [-0.1, -0.05) is 85.0 Å². The van der Waals surface area contributed by atoms with E-state index in [2.05, 4.69) is 48.6 Å². The molecule has 0 bridgehead atoms. The van der Waals surface area contributed by atoms with Crippen LogP contribution in [-0.4, -0.2) is 42.4 Å². The second kappa shape index (κ2) is 14.3. The summed E-state index contributed by atoms with van der Waals surface area (Å²) in [5, 5.41) is 9.51. The Bertz CT molecular complexity index is 800. The number of hydrogen-bond donors (Lipinski definition) is 1. The van der Waals surface area contributed by atoms with Gasteiger partial charge in [0.15, 0.2) is 0 Å². The van der Waals surface area contributed by atoms with E-state index < -0.39 is 6.09 Å². The van der Waals surface area contributed by atoms with Gasteiger partial charge in [-0.3, -0.25) is 0 Å². The largest absolute Gasteiger partial charge is 0.465 e. The van der Waals surface area contributed by atoms with E-state index in [1.54, 1.807) is 0 Å². The Hall–Kier alpha value is -2.89. The van der Waals surface area contributed by atoms with Crippen LogP contribution in [0.4, 0.5) is 4.79 Å². The number of piperidine rings is 1. The summed E-state index contributed by atoms with van der Waals surface area (Å²) in [4.78, 5) is 13.1. The van der Waals surface area contributed by atoms with E-state index in [0.717, 1.165) is 19.3 Å². The number of benzene rings is 2. The number of rotatable bonds is 12. The number of carboxylic acid groups (broad SMARTS) is 1. The monoisotopic (exact) mass is 449 g/mol. The van der Waals surface area contributed by atoms with E-state index in [4.69, 9.17) is 9.47 Å². The summed E-state index contributed by atoms with van der Waals surface area (Å²) in [6, 6.07) is 20.3. The van der Waals surface area contributed by atoms with E-state index in [1.165, 1.54) is 16.0 Å². The molecule has 1 aliphatic heterocycles. The third kappa shape index (κ3) is 9.64. The topological polar surface area (TPSA) is 59.0 Å². The maximum Gasteiger partial charge on any atom is 0.407 e. The Morgan fingerprint density at radius 1 is 0.818 bits per heavy atom. The van der Waals surface area contributed by atoms with Crippen molar-refractivity contribution in [3.8, 4) is 0 Å². The predicted molar refractivity (Wildman–Crippen MR) is 131 cm³/mol. The average Bonchev–Trinajstić information content (AvgIpc) is 2.84. The van der Waals surface area contributed by atoms with Crippen LogP contribution in [0, 0.1) is 11.8 Å². The lowest BCUT2D eigenvalue weighted by Gasteiger charge is -2.34. The van der Waals surface area contributed by atoms with Gasteiger partial charge in [-0.25, -0.2) is 4.79 Å². The minimum absolute atomic E-state index is 0.230. The summed E-state index contributed by atoms with van der Waals surface area (Å²) in [6.45, 7) is 3.67. The van der Waals surface area contributed by atoms with Crippen molar-refractivity contribution in [2.75, 3.05) is 26.3 Å². The second-order valence-corrected chi connectivity index (χ2v) is 8.45. The first-order chi connectivity index (χ1) is 16.2. The van der Waals surface area contributed by atoms with E-state index in [1.807, 2.05) is 36.4 Å². The molecule has 2 aromatic rings. The zero-order valence-corrected chi connectivity index (χ0v) is 19.2. The molecule has 5 heteroatoms. The smallest absolute Gasteiger partial charge is 0.407 e. The van der Waals surface area contributed by atoms with Crippen molar-refractivity contribution in [2.24, 2.45) is 11.8 Å². The van der Waals surface area contributed by atoms with Crippen LogP contribution in [0.3, 0.4) is 0 Å². The maximum atomic E-state index is 11.6. The van der Waals surface area contributed by atoms with Gasteiger partial charge in [0.1, 0.15) is 0 Å². The van der Waals surface area contributed by atoms with E-state index in [9.17, 15) is 9.90 Å². The van der Waals surface area contributed by atoms with Crippen LogP contribution >= 0.6 is 0 Å². The highest BCUT2D eigenvalue weighted by atomic mass is 16.5. The van der Waals surface area contributed by atoms with E-state index in [0.29, 0.717) is 39.5 Å². The number of hydrogen-bond acceptors (Lipinski definition) is 3. The molecule has 1 saturated heterocycles. The van der Waals surface area contributed by atoms with E-state index >= 15 is 0 Å². The molecule has 33 heavy (non-hydrogen) atoms. The van der Waals surface area contributed by atoms with Crippen molar-refractivity contribution < 1.29 is 19.4 Å². The van der Waals surface area contributed by atoms with Gasteiger partial charge in [0.05, 0.1) is 26.4 Å². The summed E-state index contributed by atoms with van der Waals surface area (Å²) in [7, 11) is 0. The summed E-state index contributed by atoms with van der Waals surface area (Å²) in [5.41, 5.74) is 2.34. The lowest BCUT2D eigenvalue weighted by Crippen LogP contribution is -2.42. The molecule has 0 aliphatic carbocycles. The highest BCUT2D eigenvalue weighted by molar-refractivity contribution is 5.65. The van der Waals surface area contributed by atoms with Crippen LogP contribution in [0.25, 0.3) is 0 Å². The molecule has 0 saturated carbocycles. The van der Waals surface area contributed by atoms with Crippen LogP contribution in [0.1, 0.15) is 30.4 Å². The summed E-state index contributed by atoms with van der Waals surface area (Å²) < 4.78 is 11.4. The summed E-state index contributed by atoms with van der Waals surface area (Å²) in [6.07, 6.45) is 10.3. The van der Waals surface area contributed by atoms with Gasteiger partial charge in [-0.05, 0) is 42.2 Å². The maximum absolute atomic E-state index is 11.6. The predicted octanol–water partition coefficient (Wildman–Crippen LogP) is 5.93. The zero-order chi connectivity index (χ0) is 23.1. The van der Waals surface area contributed by atoms with Gasteiger partial charge in [-0.2, -0.15) is 0 Å². The van der Waals surface area contributed by atoms with Crippen LogP contribution < -0.4 is 0 Å². The third-order valence-corrected chi connectivity index (χ3v) is 5.68. The quantitative estimate of drug-likeness (QED) is 0.322. The molecule has 1 fully saturated rings. The Balaban J connectivity index is 1.36. The van der Waals surface area contributed by atoms with Crippen molar-refractivity contribution in [2.45, 2.75) is 32.5 Å². The first-order valence-corrected chi connectivity index (χ1v) is 11.7. The van der Waals surface area contributed by atoms with Gasteiger partial charge in [-0.15, -0.1) is 0 Å². The highest BCUT2D eigenvalue weighted by Crippen LogP contribution is 2.24. The van der Waals surface area contributed by atoms with Gasteiger partial charge in [0.2, 0.25) is 0 Å². The average molecular weight is 450 g/mol. The van der Waals surface area contributed by atoms with Gasteiger partial charge >= 0.3 is 6.09 Å². The molecule has 0 spiro atoms. The molecule has 1 N–H and O–H groups in total. The van der Waals surface area contributed by atoms with Crippen LogP contribution in [0.15, 0.2) is 85.0 Å². The molecular weight excluding hydrogens is 414 g/mol. The minimum atomic E-state index is -0.844. The van der Waals surface area contributed by atoms with Crippen LogP contribution in [0.5, 0.6) is 0 Å².